The van der Waals surface area contributed by atoms with Gasteiger partial charge < -0.3 is 0 Å². The number of benzene rings is 1. The maximum absolute atomic E-state index is 13.1. The fraction of sp³-hybridized carbons (Fsp3) is 0.294. The van der Waals surface area contributed by atoms with E-state index >= 15 is 0 Å². The van der Waals surface area contributed by atoms with Gasteiger partial charge in [0.2, 0.25) is 0 Å². The van der Waals surface area contributed by atoms with E-state index in [1.807, 2.05) is 28.9 Å². The molecule has 0 fully saturated rings. The Labute approximate surface area is 129 Å². The molecule has 4 nitrogen and oxygen atoms in total. The molecule has 0 unspecified atom stereocenters. The Hall–Kier alpha value is -2.27. The smallest absolute Gasteiger partial charge is 0.155 e. The first-order valence-corrected chi connectivity index (χ1v) is 7.44. The Balaban J connectivity index is 1.83. The zero-order chi connectivity index (χ0) is 15.5. The van der Waals surface area contributed by atoms with Crippen molar-refractivity contribution in [1.29, 1.82) is 0 Å². The molecule has 0 spiro atoms. The lowest BCUT2D eigenvalue weighted by Crippen LogP contribution is -2.27. The van der Waals surface area contributed by atoms with Gasteiger partial charge in [0.05, 0.1) is 18.1 Å². The predicted molar refractivity (Wildman–Crippen MR) is 83.9 cm³/mol. The Morgan fingerprint density at radius 1 is 1.23 bits per heavy atom. The third-order valence-corrected chi connectivity index (χ3v) is 4.07. The standard InChI is InChI=1S/C17H19FN4/c1-3-21(13(2)14-4-6-15(18)7-5-14)12-16-10-20-17-11-19-8-9-22(16)17/h4-11,13H,3,12H2,1-2H3/t13-/m1/s1. The number of fused-ring (bicyclic) bond motifs is 1. The molecular weight excluding hydrogens is 279 g/mol. The van der Waals surface area contributed by atoms with Gasteiger partial charge in [-0.2, -0.15) is 0 Å². The number of nitrogens with zero attached hydrogens (tertiary/aromatic N) is 4. The van der Waals surface area contributed by atoms with Crippen LogP contribution >= 0.6 is 0 Å². The lowest BCUT2D eigenvalue weighted by atomic mass is 10.1. The Morgan fingerprint density at radius 3 is 2.73 bits per heavy atom. The van der Waals surface area contributed by atoms with Crippen molar-refractivity contribution in [2.75, 3.05) is 6.54 Å². The van der Waals surface area contributed by atoms with Gasteiger partial charge in [0.1, 0.15) is 5.82 Å². The van der Waals surface area contributed by atoms with Crippen molar-refractivity contribution >= 4 is 5.65 Å². The van der Waals surface area contributed by atoms with Gasteiger partial charge in [0.15, 0.2) is 5.65 Å². The van der Waals surface area contributed by atoms with Gasteiger partial charge in [-0.1, -0.05) is 19.1 Å². The van der Waals surface area contributed by atoms with Crippen LogP contribution in [0.3, 0.4) is 0 Å². The van der Waals surface area contributed by atoms with Crippen LogP contribution in [0.25, 0.3) is 5.65 Å². The van der Waals surface area contributed by atoms with Crippen LogP contribution in [0, 0.1) is 5.82 Å². The van der Waals surface area contributed by atoms with Crippen molar-refractivity contribution in [3.63, 3.8) is 0 Å². The summed E-state index contributed by atoms with van der Waals surface area (Å²) < 4.78 is 15.1. The number of aromatic nitrogens is 3. The van der Waals surface area contributed by atoms with Crippen molar-refractivity contribution in [1.82, 2.24) is 19.3 Å². The molecule has 0 aliphatic heterocycles. The Bertz CT molecular complexity index is 751. The summed E-state index contributed by atoms with van der Waals surface area (Å²) >= 11 is 0. The largest absolute Gasteiger partial charge is 0.300 e. The fourth-order valence-electron chi connectivity index (χ4n) is 2.69. The molecule has 114 valence electrons. The van der Waals surface area contributed by atoms with E-state index in [9.17, 15) is 4.39 Å². The van der Waals surface area contributed by atoms with Crippen molar-refractivity contribution < 1.29 is 4.39 Å². The minimum Gasteiger partial charge on any atom is -0.300 e. The van der Waals surface area contributed by atoms with E-state index in [-0.39, 0.29) is 11.9 Å². The molecule has 2 aromatic heterocycles. The molecular formula is C17H19FN4. The highest BCUT2D eigenvalue weighted by molar-refractivity contribution is 5.36. The molecule has 0 aliphatic carbocycles. The minimum atomic E-state index is -0.201. The third-order valence-electron chi connectivity index (χ3n) is 4.07. The van der Waals surface area contributed by atoms with Crippen molar-refractivity contribution in [3.05, 3.63) is 66.1 Å². The van der Waals surface area contributed by atoms with Crippen molar-refractivity contribution in [2.45, 2.75) is 26.4 Å². The quantitative estimate of drug-likeness (QED) is 0.723. The summed E-state index contributed by atoms with van der Waals surface area (Å²) in [5.74, 6) is -0.201. The van der Waals surface area contributed by atoms with Crippen LogP contribution in [0.4, 0.5) is 4.39 Å². The molecule has 1 atom stereocenters. The van der Waals surface area contributed by atoms with Gasteiger partial charge in [-0.05, 0) is 31.2 Å². The zero-order valence-corrected chi connectivity index (χ0v) is 12.8. The van der Waals surface area contributed by atoms with E-state index in [0.717, 1.165) is 30.0 Å². The minimum absolute atomic E-state index is 0.201. The van der Waals surface area contributed by atoms with Gasteiger partial charge in [-0.15, -0.1) is 0 Å². The molecule has 0 aliphatic rings. The monoisotopic (exact) mass is 298 g/mol. The first kappa shape index (κ1) is 14.7. The van der Waals surface area contributed by atoms with Crippen LogP contribution < -0.4 is 0 Å². The number of hydrogen-bond acceptors (Lipinski definition) is 3. The van der Waals surface area contributed by atoms with Gasteiger partial charge >= 0.3 is 0 Å². The predicted octanol–water partition coefficient (Wildman–Crippen LogP) is 3.45. The van der Waals surface area contributed by atoms with E-state index in [4.69, 9.17) is 0 Å². The molecule has 0 saturated carbocycles. The van der Waals surface area contributed by atoms with E-state index in [2.05, 4.69) is 28.7 Å². The molecule has 5 heteroatoms. The van der Waals surface area contributed by atoms with E-state index < -0.39 is 0 Å². The molecule has 0 bridgehead atoms. The molecule has 0 radical (unpaired) electrons. The van der Waals surface area contributed by atoms with E-state index in [1.165, 1.54) is 12.1 Å². The summed E-state index contributed by atoms with van der Waals surface area (Å²) in [6.07, 6.45) is 7.33. The van der Waals surface area contributed by atoms with E-state index in [1.54, 1.807) is 12.4 Å². The second-order valence-electron chi connectivity index (χ2n) is 5.34. The Morgan fingerprint density at radius 2 is 2.00 bits per heavy atom. The second-order valence-corrected chi connectivity index (χ2v) is 5.34. The maximum atomic E-state index is 13.1. The summed E-state index contributed by atoms with van der Waals surface area (Å²) in [6.45, 7) is 5.95. The van der Waals surface area contributed by atoms with Crippen LogP contribution in [0.15, 0.2) is 49.1 Å². The van der Waals surface area contributed by atoms with Gasteiger partial charge in [-0.3, -0.25) is 14.3 Å². The molecule has 0 saturated heterocycles. The maximum Gasteiger partial charge on any atom is 0.155 e. The second kappa shape index (κ2) is 6.23. The van der Waals surface area contributed by atoms with Crippen LogP contribution in [-0.4, -0.2) is 25.8 Å². The lowest BCUT2D eigenvalue weighted by molar-refractivity contribution is 0.210. The topological polar surface area (TPSA) is 33.4 Å². The average Bonchev–Trinajstić information content (AvgIpc) is 2.96. The summed E-state index contributed by atoms with van der Waals surface area (Å²) in [7, 11) is 0. The van der Waals surface area contributed by atoms with E-state index in [0.29, 0.717) is 0 Å². The Kier molecular flexibility index (Phi) is 4.15. The van der Waals surface area contributed by atoms with Crippen molar-refractivity contribution in [3.8, 4) is 0 Å². The highest BCUT2D eigenvalue weighted by atomic mass is 19.1. The molecule has 0 N–H and O–H groups in total. The first-order valence-electron chi connectivity index (χ1n) is 7.44. The molecule has 1 aromatic carbocycles. The highest BCUT2D eigenvalue weighted by Gasteiger charge is 2.16. The summed E-state index contributed by atoms with van der Waals surface area (Å²) in [5.41, 5.74) is 3.08. The number of halogens is 1. The van der Waals surface area contributed by atoms with Gasteiger partial charge in [0.25, 0.3) is 0 Å². The van der Waals surface area contributed by atoms with Crippen LogP contribution in [0.2, 0.25) is 0 Å². The SMILES string of the molecule is CCN(Cc1cnc2cnccn12)[C@H](C)c1ccc(F)cc1. The first-order chi connectivity index (χ1) is 10.7. The van der Waals surface area contributed by atoms with Crippen LogP contribution in [0.5, 0.6) is 0 Å². The molecule has 0 amide bonds. The van der Waals surface area contributed by atoms with Crippen LogP contribution in [0.1, 0.15) is 31.1 Å². The normalized spacial score (nSPS) is 12.9. The number of rotatable bonds is 5. The molecule has 3 rings (SSSR count). The summed E-state index contributed by atoms with van der Waals surface area (Å²) in [6, 6.07) is 6.93. The third kappa shape index (κ3) is 2.85. The van der Waals surface area contributed by atoms with Crippen molar-refractivity contribution in [2.24, 2.45) is 0 Å². The number of hydrogen-bond donors (Lipinski definition) is 0. The van der Waals surface area contributed by atoms with Crippen LogP contribution in [-0.2, 0) is 6.54 Å². The molecule has 3 aromatic rings. The summed E-state index contributed by atoms with van der Waals surface area (Å²) in [4.78, 5) is 10.8. The molecule has 22 heavy (non-hydrogen) atoms. The fourth-order valence-corrected chi connectivity index (χ4v) is 2.69. The summed E-state index contributed by atoms with van der Waals surface area (Å²) in [5, 5.41) is 0. The molecule has 2 heterocycles. The number of imidazole rings is 1. The van der Waals surface area contributed by atoms with Gasteiger partial charge in [0, 0.05) is 25.0 Å². The zero-order valence-electron chi connectivity index (χ0n) is 12.8. The highest BCUT2D eigenvalue weighted by Crippen LogP contribution is 2.22. The lowest BCUT2D eigenvalue weighted by Gasteiger charge is -2.28. The average molecular weight is 298 g/mol. The van der Waals surface area contributed by atoms with Gasteiger partial charge in [-0.25, -0.2) is 9.37 Å².